The van der Waals surface area contributed by atoms with E-state index in [1.165, 1.54) is 0 Å². The van der Waals surface area contributed by atoms with E-state index < -0.39 is 0 Å². The van der Waals surface area contributed by atoms with Crippen LogP contribution < -0.4 is 16.6 Å². The molecule has 0 unspecified atom stereocenters. The highest BCUT2D eigenvalue weighted by Gasteiger charge is 2.02. The van der Waals surface area contributed by atoms with Crippen LogP contribution in [0.1, 0.15) is 25.8 Å². The van der Waals surface area contributed by atoms with Gasteiger partial charge in [-0.1, -0.05) is 13.8 Å². The van der Waals surface area contributed by atoms with Crippen molar-refractivity contribution in [2.24, 2.45) is 11.8 Å². The fourth-order valence-corrected chi connectivity index (χ4v) is 1.39. The van der Waals surface area contributed by atoms with Gasteiger partial charge in [-0.25, -0.2) is 10.8 Å². The van der Waals surface area contributed by atoms with Crippen LogP contribution in [0.25, 0.3) is 0 Å². The number of aryl methyl sites for hydroxylation is 1. The summed E-state index contributed by atoms with van der Waals surface area (Å²) in [6.07, 6.45) is 2.68. The van der Waals surface area contributed by atoms with Gasteiger partial charge in [-0.15, -0.1) is 0 Å². The first-order valence-electron chi connectivity index (χ1n) is 6.25. The third kappa shape index (κ3) is 5.29. The Morgan fingerprint density at radius 1 is 1.44 bits per heavy atom. The molecule has 1 heterocycles. The molecule has 18 heavy (non-hydrogen) atoms. The number of hydrogen-bond donors (Lipinski definition) is 3. The zero-order chi connectivity index (χ0) is 13.4. The zero-order valence-electron chi connectivity index (χ0n) is 11.4. The van der Waals surface area contributed by atoms with Crippen LogP contribution in [0.3, 0.4) is 0 Å². The van der Waals surface area contributed by atoms with Gasteiger partial charge in [0.1, 0.15) is 5.82 Å². The van der Waals surface area contributed by atoms with Crippen LogP contribution in [-0.2, 0) is 4.74 Å². The molecule has 0 bridgehead atoms. The summed E-state index contributed by atoms with van der Waals surface area (Å²) in [5.74, 6) is 7.08. The maximum Gasteiger partial charge on any atom is 0.239 e. The van der Waals surface area contributed by atoms with Crippen LogP contribution in [0.2, 0.25) is 0 Å². The molecule has 6 nitrogen and oxygen atoms in total. The van der Waals surface area contributed by atoms with Gasteiger partial charge in [-0.05, 0) is 19.3 Å². The molecule has 102 valence electrons. The number of nitrogens with two attached hydrogens (primary N) is 1. The van der Waals surface area contributed by atoms with Crippen LogP contribution in [0.5, 0.6) is 0 Å². The number of hydrogen-bond acceptors (Lipinski definition) is 6. The lowest BCUT2D eigenvalue weighted by atomic mass is 10.2. The number of aromatic nitrogens is 2. The molecular weight excluding hydrogens is 230 g/mol. The molecule has 1 rings (SSSR count). The van der Waals surface area contributed by atoms with Crippen LogP contribution >= 0.6 is 0 Å². The van der Waals surface area contributed by atoms with Crippen LogP contribution in [-0.4, -0.2) is 29.7 Å². The van der Waals surface area contributed by atoms with Crippen LogP contribution in [0.4, 0.5) is 11.8 Å². The van der Waals surface area contributed by atoms with Gasteiger partial charge in [0.15, 0.2) is 0 Å². The van der Waals surface area contributed by atoms with E-state index in [0.29, 0.717) is 11.9 Å². The molecule has 0 atom stereocenters. The van der Waals surface area contributed by atoms with Crippen molar-refractivity contribution in [1.29, 1.82) is 0 Å². The van der Waals surface area contributed by atoms with Gasteiger partial charge < -0.3 is 10.1 Å². The minimum atomic E-state index is 0.416. The number of nitrogens with one attached hydrogen (secondary N) is 2. The normalized spacial score (nSPS) is 10.7. The molecule has 1 aromatic heterocycles. The number of nitrogen functional groups attached to an aromatic ring is 1. The SMILES string of the molecule is Cc1cnc(NN)nc1NCCCOCC(C)C. The van der Waals surface area contributed by atoms with Crippen molar-refractivity contribution in [1.82, 2.24) is 9.97 Å². The molecule has 1 aromatic rings. The van der Waals surface area contributed by atoms with Crippen molar-refractivity contribution in [3.8, 4) is 0 Å². The van der Waals surface area contributed by atoms with Crippen molar-refractivity contribution in [3.63, 3.8) is 0 Å². The standard InChI is InChI=1S/C12H23N5O/c1-9(2)8-18-6-4-5-14-11-10(3)7-15-12(16-11)17-13/h7,9H,4-6,8,13H2,1-3H3,(H2,14,15,16,17). The van der Waals surface area contributed by atoms with E-state index in [1.54, 1.807) is 6.20 Å². The van der Waals surface area contributed by atoms with E-state index in [4.69, 9.17) is 10.6 Å². The van der Waals surface area contributed by atoms with Gasteiger partial charge in [0.05, 0.1) is 0 Å². The molecule has 4 N–H and O–H groups in total. The number of rotatable bonds is 8. The van der Waals surface area contributed by atoms with Crippen molar-refractivity contribution in [3.05, 3.63) is 11.8 Å². The predicted molar refractivity (Wildman–Crippen MR) is 73.3 cm³/mol. The summed E-state index contributed by atoms with van der Waals surface area (Å²) in [4.78, 5) is 8.26. The molecule has 0 fully saturated rings. The molecule has 0 spiro atoms. The topological polar surface area (TPSA) is 85.1 Å². The second-order valence-electron chi connectivity index (χ2n) is 4.62. The monoisotopic (exact) mass is 253 g/mol. The Kier molecular flexibility index (Phi) is 6.38. The first-order chi connectivity index (χ1) is 8.63. The second kappa shape index (κ2) is 7.84. The Hall–Kier alpha value is -1.40. The van der Waals surface area contributed by atoms with E-state index >= 15 is 0 Å². The summed E-state index contributed by atoms with van der Waals surface area (Å²) in [5.41, 5.74) is 3.43. The quantitative estimate of drug-likeness (QED) is 0.370. The maximum absolute atomic E-state index is 5.50. The molecule has 0 saturated carbocycles. The maximum atomic E-state index is 5.50. The summed E-state index contributed by atoms with van der Waals surface area (Å²) in [6.45, 7) is 8.64. The Bertz CT molecular complexity index is 356. The molecule has 0 aliphatic carbocycles. The summed E-state index contributed by atoms with van der Waals surface area (Å²) in [5, 5.41) is 3.25. The predicted octanol–water partition coefficient (Wildman–Crippen LogP) is 1.55. The van der Waals surface area contributed by atoms with E-state index in [2.05, 4.69) is 34.6 Å². The number of hydrazine groups is 1. The lowest BCUT2D eigenvalue weighted by Gasteiger charge is -2.10. The van der Waals surface area contributed by atoms with E-state index in [1.807, 2.05) is 6.92 Å². The van der Waals surface area contributed by atoms with Gasteiger partial charge in [0.2, 0.25) is 5.95 Å². The van der Waals surface area contributed by atoms with Gasteiger partial charge in [-0.2, -0.15) is 4.98 Å². The fourth-order valence-electron chi connectivity index (χ4n) is 1.39. The van der Waals surface area contributed by atoms with Crippen molar-refractivity contribution in [2.75, 3.05) is 30.5 Å². The van der Waals surface area contributed by atoms with Crippen LogP contribution in [0, 0.1) is 12.8 Å². The van der Waals surface area contributed by atoms with Crippen molar-refractivity contribution < 1.29 is 4.74 Å². The average Bonchev–Trinajstić information content (AvgIpc) is 2.35. The molecule has 0 saturated heterocycles. The Morgan fingerprint density at radius 3 is 2.89 bits per heavy atom. The van der Waals surface area contributed by atoms with Crippen molar-refractivity contribution >= 4 is 11.8 Å². The molecule has 6 heteroatoms. The van der Waals surface area contributed by atoms with E-state index in [0.717, 1.165) is 37.6 Å². The highest BCUT2D eigenvalue weighted by molar-refractivity contribution is 5.45. The number of nitrogens with zero attached hydrogens (tertiary/aromatic N) is 2. The van der Waals surface area contributed by atoms with Gasteiger partial charge in [0, 0.05) is 31.5 Å². The summed E-state index contributed by atoms with van der Waals surface area (Å²) in [7, 11) is 0. The first kappa shape index (κ1) is 14.7. The molecular formula is C12H23N5O. The third-order valence-electron chi connectivity index (χ3n) is 2.31. The summed E-state index contributed by atoms with van der Waals surface area (Å²) in [6, 6.07) is 0. The largest absolute Gasteiger partial charge is 0.381 e. The second-order valence-corrected chi connectivity index (χ2v) is 4.62. The first-order valence-corrected chi connectivity index (χ1v) is 6.25. The minimum Gasteiger partial charge on any atom is -0.381 e. The highest BCUT2D eigenvalue weighted by atomic mass is 16.5. The zero-order valence-corrected chi connectivity index (χ0v) is 11.4. The number of ether oxygens (including phenoxy) is 1. The Morgan fingerprint density at radius 2 is 2.22 bits per heavy atom. The minimum absolute atomic E-state index is 0.416. The molecule has 0 aliphatic rings. The lowest BCUT2D eigenvalue weighted by Crippen LogP contribution is -2.14. The molecule has 0 aliphatic heterocycles. The van der Waals surface area contributed by atoms with Gasteiger partial charge in [0.25, 0.3) is 0 Å². The molecule has 0 aromatic carbocycles. The van der Waals surface area contributed by atoms with Gasteiger partial charge >= 0.3 is 0 Å². The Balaban J connectivity index is 2.26. The lowest BCUT2D eigenvalue weighted by molar-refractivity contribution is 0.110. The van der Waals surface area contributed by atoms with Crippen molar-refractivity contribution in [2.45, 2.75) is 27.2 Å². The summed E-state index contributed by atoms with van der Waals surface area (Å²) < 4.78 is 5.50. The third-order valence-corrected chi connectivity index (χ3v) is 2.31. The molecule has 0 radical (unpaired) electrons. The van der Waals surface area contributed by atoms with Gasteiger partial charge in [-0.3, -0.25) is 5.43 Å². The smallest absolute Gasteiger partial charge is 0.239 e. The average molecular weight is 253 g/mol. The fraction of sp³-hybridized carbons (Fsp3) is 0.667. The molecule has 0 amide bonds. The highest BCUT2D eigenvalue weighted by Crippen LogP contribution is 2.11. The Labute approximate surface area is 108 Å². The van der Waals surface area contributed by atoms with Crippen LogP contribution in [0.15, 0.2) is 6.20 Å². The summed E-state index contributed by atoms with van der Waals surface area (Å²) >= 11 is 0. The number of anilines is 2. The van der Waals surface area contributed by atoms with E-state index in [-0.39, 0.29) is 0 Å². The van der Waals surface area contributed by atoms with E-state index in [9.17, 15) is 0 Å².